The molecule has 1 aliphatic heterocycles. The third-order valence-electron chi connectivity index (χ3n) is 1.59. The second-order valence-corrected chi connectivity index (χ2v) is 2.94. The molecule has 0 spiro atoms. The highest BCUT2D eigenvalue weighted by Crippen LogP contribution is 2.15. The van der Waals surface area contributed by atoms with Gasteiger partial charge in [-0.15, -0.1) is 0 Å². The molecule has 0 saturated heterocycles. The zero-order valence-corrected chi connectivity index (χ0v) is 7.47. The Hall–Kier alpha value is -1.56. The van der Waals surface area contributed by atoms with Crippen molar-refractivity contribution in [3.05, 3.63) is 24.2 Å². The van der Waals surface area contributed by atoms with Crippen molar-refractivity contribution in [3.8, 4) is 0 Å². The molecule has 0 fully saturated rings. The van der Waals surface area contributed by atoms with E-state index in [4.69, 9.17) is 22.4 Å². The topological polar surface area (TPSA) is 75.6 Å². The number of guanidine groups is 1. The molecule has 0 unspecified atom stereocenters. The molecule has 5 nitrogen and oxygen atoms in total. The zero-order chi connectivity index (χ0) is 9.26. The minimum absolute atomic E-state index is 0.296. The van der Waals surface area contributed by atoms with E-state index in [-0.39, 0.29) is 6.17 Å². The number of nitrogens with two attached hydrogens (primary N) is 1. The van der Waals surface area contributed by atoms with Gasteiger partial charge < -0.3 is 20.8 Å². The third kappa shape index (κ3) is 1.62. The van der Waals surface area contributed by atoms with Gasteiger partial charge in [0.15, 0.2) is 17.2 Å². The van der Waals surface area contributed by atoms with Crippen LogP contribution in [0.25, 0.3) is 0 Å². The highest BCUT2D eigenvalue weighted by molar-refractivity contribution is 7.80. The Bertz CT molecular complexity index is 345. The largest absolute Gasteiger partial charge is 0.465 e. The molecule has 0 amide bonds. The van der Waals surface area contributed by atoms with E-state index in [0.717, 1.165) is 0 Å². The fourth-order valence-electron chi connectivity index (χ4n) is 1.06. The van der Waals surface area contributed by atoms with Crippen LogP contribution < -0.4 is 16.4 Å². The van der Waals surface area contributed by atoms with Crippen LogP contribution in [0.1, 0.15) is 11.9 Å². The van der Waals surface area contributed by atoms with Crippen LogP contribution in [-0.4, -0.2) is 11.1 Å². The molecule has 2 rings (SSSR count). The van der Waals surface area contributed by atoms with Crippen molar-refractivity contribution in [2.75, 3.05) is 0 Å². The molecule has 1 atom stereocenters. The first kappa shape index (κ1) is 8.06. The van der Waals surface area contributed by atoms with Gasteiger partial charge in [0.25, 0.3) is 0 Å². The Morgan fingerprint density at radius 3 is 3.08 bits per heavy atom. The maximum atomic E-state index is 5.49. The van der Waals surface area contributed by atoms with Gasteiger partial charge in [0.1, 0.15) is 5.76 Å². The lowest BCUT2D eigenvalue weighted by molar-refractivity contribution is 0.450. The number of thiocarbonyl (C=S) groups is 1. The smallest absolute Gasteiger partial charge is 0.197 e. The van der Waals surface area contributed by atoms with E-state index >= 15 is 0 Å². The molecule has 4 N–H and O–H groups in total. The number of hydrogen-bond acceptors (Lipinski definition) is 4. The minimum atomic E-state index is -0.316. The van der Waals surface area contributed by atoms with Crippen LogP contribution in [0, 0.1) is 0 Å². The first-order valence-electron chi connectivity index (χ1n) is 3.70. The van der Waals surface area contributed by atoms with Gasteiger partial charge in [0, 0.05) is 0 Å². The average Bonchev–Trinajstić information content (AvgIpc) is 2.53. The summed E-state index contributed by atoms with van der Waals surface area (Å²) in [6, 6.07) is 3.59. The summed E-state index contributed by atoms with van der Waals surface area (Å²) in [6.07, 6.45) is 1.26. The summed E-state index contributed by atoms with van der Waals surface area (Å²) >= 11 is 4.91. The number of nitrogens with one attached hydrogen (secondary N) is 2. The standard InChI is InChI=1S/C7H8N4OS/c8-6-9-5(10-7(13)11-6)4-2-1-3-12-4/h1-3,5H,(H4,8,9,10,11,13)/t5-/m1/s1. The Morgan fingerprint density at radius 1 is 1.62 bits per heavy atom. The van der Waals surface area contributed by atoms with Crippen molar-refractivity contribution in [2.24, 2.45) is 10.7 Å². The number of rotatable bonds is 1. The van der Waals surface area contributed by atoms with Crippen molar-refractivity contribution in [2.45, 2.75) is 6.17 Å². The monoisotopic (exact) mass is 196 g/mol. The lowest BCUT2D eigenvalue weighted by Crippen LogP contribution is -2.49. The van der Waals surface area contributed by atoms with Crippen LogP contribution in [0.2, 0.25) is 0 Å². The molecule has 13 heavy (non-hydrogen) atoms. The fourth-order valence-corrected chi connectivity index (χ4v) is 1.28. The van der Waals surface area contributed by atoms with E-state index in [9.17, 15) is 0 Å². The van der Waals surface area contributed by atoms with E-state index in [1.807, 2.05) is 6.07 Å². The summed E-state index contributed by atoms with van der Waals surface area (Å²) in [4.78, 5) is 4.07. The summed E-state index contributed by atoms with van der Waals surface area (Å²) in [5, 5.41) is 6.04. The number of hydrogen-bond donors (Lipinski definition) is 3. The Balaban J connectivity index is 2.25. The van der Waals surface area contributed by atoms with Crippen molar-refractivity contribution >= 4 is 23.3 Å². The van der Waals surface area contributed by atoms with Crippen LogP contribution in [0.5, 0.6) is 0 Å². The quantitative estimate of drug-likeness (QED) is 0.554. The highest BCUT2D eigenvalue weighted by Gasteiger charge is 2.18. The molecule has 0 radical (unpaired) electrons. The maximum Gasteiger partial charge on any atom is 0.197 e. The third-order valence-corrected chi connectivity index (χ3v) is 1.81. The zero-order valence-electron chi connectivity index (χ0n) is 6.65. The molecule has 0 bridgehead atoms. The van der Waals surface area contributed by atoms with Crippen molar-refractivity contribution < 1.29 is 4.42 Å². The van der Waals surface area contributed by atoms with Gasteiger partial charge in [-0.2, -0.15) is 0 Å². The average molecular weight is 196 g/mol. The van der Waals surface area contributed by atoms with Crippen LogP contribution in [0.3, 0.4) is 0 Å². The molecule has 0 aliphatic carbocycles. The summed E-state index contributed by atoms with van der Waals surface area (Å²) in [5.41, 5.74) is 5.49. The van der Waals surface area contributed by atoms with E-state index in [0.29, 0.717) is 16.8 Å². The lowest BCUT2D eigenvalue weighted by atomic mass is 10.3. The van der Waals surface area contributed by atoms with Gasteiger partial charge in [-0.25, -0.2) is 4.99 Å². The Labute approximate surface area is 80.0 Å². The molecular weight excluding hydrogens is 188 g/mol. The predicted octanol–water partition coefficient (Wildman–Crippen LogP) is 0.0706. The lowest BCUT2D eigenvalue weighted by Gasteiger charge is -2.20. The van der Waals surface area contributed by atoms with Crippen molar-refractivity contribution in [1.29, 1.82) is 0 Å². The number of aliphatic imine (C=N–C) groups is 1. The highest BCUT2D eigenvalue weighted by atomic mass is 32.1. The van der Waals surface area contributed by atoms with Gasteiger partial charge >= 0.3 is 0 Å². The van der Waals surface area contributed by atoms with Crippen LogP contribution >= 0.6 is 12.2 Å². The molecule has 68 valence electrons. The summed E-state index contributed by atoms with van der Waals surface area (Å²) in [5.74, 6) is 0.983. The van der Waals surface area contributed by atoms with Crippen molar-refractivity contribution in [3.63, 3.8) is 0 Å². The first-order chi connectivity index (χ1) is 6.25. The Kier molecular flexibility index (Phi) is 1.90. The van der Waals surface area contributed by atoms with Gasteiger partial charge in [-0.1, -0.05) is 0 Å². The maximum absolute atomic E-state index is 5.49. The normalized spacial score (nSPS) is 21.7. The van der Waals surface area contributed by atoms with Gasteiger partial charge in [-0.05, 0) is 24.4 Å². The molecule has 1 aromatic rings. The fraction of sp³-hybridized carbons (Fsp3) is 0.143. The van der Waals surface area contributed by atoms with Gasteiger partial charge in [0.2, 0.25) is 0 Å². The molecular formula is C7H8N4OS. The number of nitrogens with zero attached hydrogens (tertiary/aromatic N) is 1. The number of furan rings is 1. The van der Waals surface area contributed by atoms with Crippen LogP contribution in [0.4, 0.5) is 0 Å². The molecule has 1 aromatic heterocycles. The van der Waals surface area contributed by atoms with E-state index in [1.165, 1.54) is 0 Å². The van der Waals surface area contributed by atoms with Gasteiger partial charge in [-0.3, -0.25) is 0 Å². The first-order valence-corrected chi connectivity index (χ1v) is 4.11. The van der Waals surface area contributed by atoms with Crippen LogP contribution in [0.15, 0.2) is 27.8 Å². The molecule has 0 saturated carbocycles. The SMILES string of the molecule is NC1=N[C@@H](c2ccco2)NC(=S)N1. The summed E-state index contributed by atoms with van der Waals surface area (Å²) < 4.78 is 5.16. The second kappa shape index (κ2) is 3.06. The van der Waals surface area contributed by atoms with E-state index in [1.54, 1.807) is 12.3 Å². The van der Waals surface area contributed by atoms with E-state index in [2.05, 4.69) is 15.6 Å². The molecule has 6 heteroatoms. The summed E-state index contributed by atoms with van der Waals surface area (Å²) in [6.45, 7) is 0. The van der Waals surface area contributed by atoms with Crippen LogP contribution in [-0.2, 0) is 0 Å². The Morgan fingerprint density at radius 2 is 2.46 bits per heavy atom. The second-order valence-electron chi connectivity index (χ2n) is 2.53. The van der Waals surface area contributed by atoms with Gasteiger partial charge in [0.05, 0.1) is 6.26 Å². The predicted molar refractivity (Wildman–Crippen MR) is 51.9 cm³/mol. The van der Waals surface area contributed by atoms with Crippen molar-refractivity contribution in [1.82, 2.24) is 10.6 Å². The minimum Gasteiger partial charge on any atom is -0.465 e. The van der Waals surface area contributed by atoms with E-state index < -0.39 is 0 Å². The summed E-state index contributed by atoms with van der Waals surface area (Å²) in [7, 11) is 0. The molecule has 0 aromatic carbocycles. The molecule has 1 aliphatic rings. The molecule has 2 heterocycles.